The minimum Gasteiger partial charge on any atom is -0.463 e. The fraction of sp³-hybridized carbons (Fsp3) is 0.714. The van der Waals surface area contributed by atoms with Crippen molar-refractivity contribution in [1.82, 2.24) is 24.4 Å². The monoisotopic (exact) mass is 434 g/mol. The Balaban J connectivity index is 1.67. The van der Waals surface area contributed by atoms with Crippen LogP contribution < -0.4 is 16.2 Å². The molecule has 3 N–H and O–H groups in total. The summed E-state index contributed by atoms with van der Waals surface area (Å²) in [6, 6.07) is -0.0498. The number of aromatic nitrogens is 4. The normalized spacial score (nSPS) is 17.4. The van der Waals surface area contributed by atoms with E-state index < -0.39 is 5.60 Å². The van der Waals surface area contributed by atoms with Crippen LogP contribution >= 0.6 is 0 Å². The number of ether oxygens (including phenoxy) is 2. The number of esters is 1. The number of anilines is 1. The molecule has 172 valence electrons. The molecular weight excluding hydrogens is 400 g/mol. The Morgan fingerprint density at radius 1 is 1.26 bits per heavy atom. The number of nitrogens with one attached hydrogen (secondary N) is 1. The number of aromatic amines is 1. The average molecular weight is 435 g/mol. The third-order valence-corrected chi connectivity index (χ3v) is 5.23. The Morgan fingerprint density at radius 2 is 2.03 bits per heavy atom. The maximum atomic E-state index is 12.5. The maximum absolute atomic E-state index is 12.5. The van der Waals surface area contributed by atoms with Gasteiger partial charge >= 0.3 is 17.7 Å². The minimum absolute atomic E-state index is 0.177. The summed E-state index contributed by atoms with van der Waals surface area (Å²) in [5, 5.41) is 0. The first-order valence-electron chi connectivity index (χ1n) is 11.1. The van der Waals surface area contributed by atoms with Crippen molar-refractivity contribution >= 4 is 23.0 Å². The molecule has 0 saturated carbocycles. The number of nitrogen functional groups attached to an aromatic ring is 1. The zero-order chi connectivity index (χ0) is 22.6. The Bertz CT molecular complexity index is 961. The molecule has 2 aromatic rings. The van der Waals surface area contributed by atoms with Crippen molar-refractivity contribution in [3.8, 4) is 6.01 Å². The molecule has 1 saturated heterocycles. The van der Waals surface area contributed by atoms with Crippen molar-refractivity contribution in [1.29, 1.82) is 0 Å². The number of carbonyl (C=O) groups is 1. The van der Waals surface area contributed by atoms with Gasteiger partial charge in [0.2, 0.25) is 0 Å². The van der Waals surface area contributed by atoms with Gasteiger partial charge in [0, 0.05) is 13.1 Å². The molecular formula is C21H34N6O4. The van der Waals surface area contributed by atoms with Crippen molar-refractivity contribution < 1.29 is 14.3 Å². The van der Waals surface area contributed by atoms with E-state index in [2.05, 4.69) is 26.8 Å². The quantitative estimate of drug-likeness (QED) is 0.453. The topological polar surface area (TPSA) is 128 Å². The molecule has 0 radical (unpaired) electrons. The van der Waals surface area contributed by atoms with E-state index in [0.717, 1.165) is 32.2 Å². The second-order valence-corrected chi connectivity index (χ2v) is 8.95. The van der Waals surface area contributed by atoms with Crippen molar-refractivity contribution in [2.24, 2.45) is 0 Å². The zero-order valence-electron chi connectivity index (χ0n) is 18.9. The number of H-pyrrole nitrogens is 1. The Hall–Kier alpha value is -2.62. The second kappa shape index (κ2) is 9.67. The van der Waals surface area contributed by atoms with E-state index >= 15 is 0 Å². The third kappa shape index (κ3) is 5.75. The van der Waals surface area contributed by atoms with E-state index in [9.17, 15) is 9.59 Å². The van der Waals surface area contributed by atoms with E-state index in [1.807, 2.05) is 20.8 Å². The van der Waals surface area contributed by atoms with E-state index in [4.69, 9.17) is 15.2 Å². The Kier molecular flexibility index (Phi) is 7.19. The molecule has 1 aliphatic rings. The molecule has 0 unspecified atom stereocenters. The lowest BCUT2D eigenvalue weighted by Crippen LogP contribution is -2.41. The lowest BCUT2D eigenvalue weighted by molar-refractivity contribution is -0.160. The first-order chi connectivity index (χ1) is 14.7. The van der Waals surface area contributed by atoms with Crippen LogP contribution in [0.5, 0.6) is 6.01 Å². The molecule has 1 aliphatic heterocycles. The molecule has 31 heavy (non-hydrogen) atoms. The summed E-state index contributed by atoms with van der Waals surface area (Å²) in [6.07, 6.45) is 4.31. The SMILES string of the molecule is CCCCOc1nc(N)c2[nH]c(=O)n(CCCN3CCC[C@H]3C(=O)OC(C)(C)C)c2n1. The van der Waals surface area contributed by atoms with Crippen LogP contribution in [0.4, 0.5) is 5.82 Å². The number of imidazole rings is 1. The number of aryl methyl sites for hydroxylation is 1. The number of hydrogen-bond donors (Lipinski definition) is 2. The molecule has 0 amide bonds. The molecule has 0 spiro atoms. The summed E-state index contributed by atoms with van der Waals surface area (Å²) < 4.78 is 12.7. The zero-order valence-corrected chi connectivity index (χ0v) is 18.9. The number of nitrogens with zero attached hydrogens (tertiary/aromatic N) is 4. The summed E-state index contributed by atoms with van der Waals surface area (Å²) >= 11 is 0. The van der Waals surface area contributed by atoms with Gasteiger partial charge in [-0.05, 0) is 53.0 Å². The molecule has 10 heteroatoms. The second-order valence-electron chi connectivity index (χ2n) is 8.95. The lowest BCUT2D eigenvalue weighted by atomic mass is 10.1. The van der Waals surface area contributed by atoms with E-state index in [1.165, 1.54) is 0 Å². The van der Waals surface area contributed by atoms with Gasteiger partial charge in [0.1, 0.15) is 17.2 Å². The van der Waals surface area contributed by atoms with Crippen LogP contribution in [0.25, 0.3) is 11.2 Å². The van der Waals surface area contributed by atoms with Crippen molar-refractivity contribution in [3.63, 3.8) is 0 Å². The number of unbranched alkanes of at least 4 members (excludes halogenated alkanes) is 1. The van der Waals surface area contributed by atoms with Gasteiger partial charge in [-0.1, -0.05) is 13.3 Å². The predicted molar refractivity (Wildman–Crippen MR) is 118 cm³/mol. The van der Waals surface area contributed by atoms with Crippen LogP contribution in [0.2, 0.25) is 0 Å². The van der Waals surface area contributed by atoms with E-state index in [1.54, 1.807) is 4.57 Å². The molecule has 3 heterocycles. The Morgan fingerprint density at radius 3 is 2.74 bits per heavy atom. The fourth-order valence-electron chi connectivity index (χ4n) is 3.77. The minimum atomic E-state index is -0.501. The number of nitrogens with two attached hydrogens (primary N) is 1. The Labute approximate surface area is 182 Å². The predicted octanol–water partition coefficient (Wildman–Crippen LogP) is 2.08. The maximum Gasteiger partial charge on any atom is 0.327 e. The van der Waals surface area contributed by atoms with Gasteiger partial charge in [0.15, 0.2) is 11.5 Å². The molecule has 0 aromatic carbocycles. The lowest BCUT2D eigenvalue weighted by Gasteiger charge is -2.27. The number of carbonyl (C=O) groups excluding carboxylic acids is 1. The van der Waals surface area contributed by atoms with Crippen LogP contribution in [0, 0.1) is 0 Å². The number of hydrogen-bond acceptors (Lipinski definition) is 8. The molecule has 0 bridgehead atoms. The molecule has 1 atom stereocenters. The summed E-state index contributed by atoms with van der Waals surface area (Å²) in [6.45, 7) is 10.2. The van der Waals surface area contributed by atoms with Crippen molar-refractivity contribution in [2.75, 3.05) is 25.4 Å². The molecule has 10 nitrogen and oxygen atoms in total. The smallest absolute Gasteiger partial charge is 0.327 e. The van der Waals surface area contributed by atoms with E-state index in [0.29, 0.717) is 37.3 Å². The average Bonchev–Trinajstić information content (AvgIpc) is 3.26. The van der Waals surface area contributed by atoms with Crippen molar-refractivity contribution in [2.45, 2.75) is 78.0 Å². The van der Waals surface area contributed by atoms with Gasteiger partial charge in [-0.2, -0.15) is 9.97 Å². The van der Waals surface area contributed by atoms with E-state index in [-0.39, 0.29) is 29.5 Å². The summed E-state index contributed by atoms with van der Waals surface area (Å²) in [5.41, 5.74) is 6.07. The highest BCUT2D eigenvalue weighted by Crippen LogP contribution is 2.22. The van der Waals surface area contributed by atoms with Gasteiger partial charge in [0.25, 0.3) is 0 Å². The highest BCUT2D eigenvalue weighted by Gasteiger charge is 2.33. The highest BCUT2D eigenvalue weighted by atomic mass is 16.6. The largest absolute Gasteiger partial charge is 0.463 e. The van der Waals surface area contributed by atoms with Crippen LogP contribution in [0.1, 0.15) is 59.8 Å². The van der Waals surface area contributed by atoms with Gasteiger partial charge < -0.3 is 20.2 Å². The molecule has 2 aromatic heterocycles. The van der Waals surface area contributed by atoms with Crippen LogP contribution in [-0.2, 0) is 16.1 Å². The third-order valence-electron chi connectivity index (χ3n) is 5.23. The van der Waals surface area contributed by atoms with Gasteiger partial charge in [0.05, 0.1) is 6.61 Å². The highest BCUT2D eigenvalue weighted by molar-refractivity contribution is 5.81. The summed E-state index contributed by atoms with van der Waals surface area (Å²) in [4.78, 5) is 38.4. The van der Waals surface area contributed by atoms with Gasteiger partial charge in [-0.3, -0.25) is 14.3 Å². The summed E-state index contributed by atoms with van der Waals surface area (Å²) in [5.74, 6) is 0.0144. The number of fused-ring (bicyclic) bond motifs is 1. The van der Waals surface area contributed by atoms with Gasteiger partial charge in [-0.15, -0.1) is 0 Å². The van der Waals surface area contributed by atoms with Gasteiger partial charge in [-0.25, -0.2) is 4.79 Å². The number of likely N-dealkylation sites (tertiary alicyclic amines) is 1. The first-order valence-corrected chi connectivity index (χ1v) is 11.1. The summed E-state index contributed by atoms with van der Waals surface area (Å²) in [7, 11) is 0. The van der Waals surface area contributed by atoms with Crippen LogP contribution in [0.15, 0.2) is 4.79 Å². The number of rotatable bonds is 9. The van der Waals surface area contributed by atoms with Crippen molar-refractivity contribution in [3.05, 3.63) is 10.5 Å². The van der Waals surface area contributed by atoms with Crippen LogP contribution in [0.3, 0.4) is 0 Å². The first kappa shape index (κ1) is 23.1. The standard InChI is InChI=1S/C21H34N6O4/c1-5-6-13-30-19-24-16(22)15-17(25-19)27(20(29)23-15)12-8-11-26-10-7-9-14(26)18(28)31-21(2,3)4/h14H,5-13H2,1-4H3,(H,23,29)(H2,22,24,25)/t14-/m0/s1. The molecule has 1 fully saturated rings. The van der Waals surface area contributed by atoms with Crippen LogP contribution in [-0.4, -0.2) is 61.7 Å². The molecule has 3 rings (SSSR count). The molecule has 0 aliphatic carbocycles. The fourth-order valence-corrected chi connectivity index (χ4v) is 3.77.